The smallest absolute Gasteiger partial charge is 0.326 e. The van der Waals surface area contributed by atoms with Crippen LogP contribution < -0.4 is 5.56 Å². The second kappa shape index (κ2) is 6.91. The van der Waals surface area contributed by atoms with Gasteiger partial charge in [-0.2, -0.15) is 0 Å². The van der Waals surface area contributed by atoms with Gasteiger partial charge in [-0.25, -0.2) is 4.98 Å². The maximum Gasteiger partial charge on any atom is 0.326 e. The highest BCUT2D eigenvalue weighted by Gasteiger charge is 2.47. The number of ether oxygens (including phenoxy) is 1. The average molecular weight is 413 g/mol. The fraction of sp³-hybridized carbons (Fsp3) is 0.450. The highest BCUT2D eigenvalue weighted by molar-refractivity contribution is 7.18. The van der Waals surface area contributed by atoms with Crippen LogP contribution in [0, 0.1) is 11.8 Å². The summed E-state index contributed by atoms with van der Waals surface area (Å²) < 4.78 is 5.19. The third kappa shape index (κ3) is 3.00. The predicted octanol–water partition coefficient (Wildman–Crippen LogP) is 1.47. The Balaban J connectivity index is 1.26. The molecular formula is C20H19N3O5S. The number of aromatic nitrogens is 2. The number of hydrogen-bond acceptors (Lipinski definition) is 7. The number of nitrogens with zero attached hydrogens (tertiary/aromatic N) is 2. The fourth-order valence-corrected chi connectivity index (χ4v) is 5.74. The molecule has 1 fully saturated rings. The van der Waals surface area contributed by atoms with Gasteiger partial charge in [0.15, 0.2) is 0 Å². The number of nitrogens with one attached hydrogen (secondary N) is 1. The predicted molar refractivity (Wildman–Crippen MR) is 104 cm³/mol. The number of H-pyrrole nitrogens is 1. The van der Waals surface area contributed by atoms with Crippen molar-refractivity contribution in [2.24, 2.45) is 11.8 Å². The lowest BCUT2D eigenvalue weighted by atomic mass is 9.85. The molecule has 3 aliphatic rings. The lowest BCUT2D eigenvalue weighted by Gasteiger charge is -2.14. The van der Waals surface area contributed by atoms with Crippen molar-refractivity contribution in [1.82, 2.24) is 14.9 Å². The Kier molecular flexibility index (Phi) is 4.34. The molecule has 0 bridgehead atoms. The van der Waals surface area contributed by atoms with E-state index in [1.807, 2.05) is 12.2 Å². The van der Waals surface area contributed by atoms with Crippen molar-refractivity contribution in [3.63, 3.8) is 0 Å². The summed E-state index contributed by atoms with van der Waals surface area (Å²) in [4.78, 5) is 59.5. The molecule has 29 heavy (non-hydrogen) atoms. The summed E-state index contributed by atoms with van der Waals surface area (Å²) in [6.07, 6.45) is 7.76. The van der Waals surface area contributed by atoms with Crippen LogP contribution in [0.5, 0.6) is 0 Å². The number of amides is 2. The molecule has 8 nitrogen and oxygen atoms in total. The number of rotatable bonds is 4. The summed E-state index contributed by atoms with van der Waals surface area (Å²) in [7, 11) is 0. The van der Waals surface area contributed by atoms with Gasteiger partial charge in [-0.1, -0.05) is 12.2 Å². The zero-order valence-corrected chi connectivity index (χ0v) is 16.4. The van der Waals surface area contributed by atoms with Gasteiger partial charge in [-0.15, -0.1) is 11.3 Å². The number of esters is 1. The molecule has 0 spiro atoms. The Morgan fingerprint density at radius 3 is 2.62 bits per heavy atom. The van der Waals surface area contributed by atoms with Gasteiger partial charge in [0, 0.05) is 4.88 Å². The number of hydrogen-bond donors (Lipinski definition) is 1. The minimum absolute atomic E-state index is 0.211. The molecule has 1 aliphatic heterocycles. The zero-order valence-electron chi connectivity index (χ0n) is 15.6. The first-order valence-electron chi connectivity index (χ1n) is 9.72. The molecule has 9 heteroatoms. The minimum Gasteiger partial charge on any atom is -0.456 e. The number of fused-ring (bicyclic) bond motifs is 4. The van der Waals surface area contributed by atoms with Gasteiger partial charge < -0.3 is 9.72 Å². The van der Waals surface area contributed by atoms with Crippen LogP contribution in [0.1, 0.15) is 35.5 Å². The number of likely N-dealkylation sites (tertiary alicyclic amines) is 1. The van der Waals surface area contributed by atoms with E-state index in [0.717, 1.165) is 29.7 Å². The third-order valence-corrected chi connectivity index (χ3v) is 7.07. The highest BCUT2D eigenvalue weighted by Crippen LogP contribution is 2.35. The van der Waals surface area contributed by atoms with E-state index in [1.165, 1.54) is 16.2 Å². The van der Waals surface area contributed by atoms with Gasteiger partial charge >= 0.3 is 5.97 Å². The Morgan fingerprint density at radius 1 is 1.17 bits per heavy atom. The Morgan fingerprint density at radius 2 is 1.90 bits per heavy atom. The van der Waals surface area contributed by atoms with Gasteiger partial charge in [0.05, 0.1) is 17.2 Å². The van der Waals surface area contributed by atoms with Gasteiger partial charge in [-0.3, -0.25) is 24.1 Å². The van der Waals surface area contributed by atoms with Gasteiger partial charge in [-0.05, 0) is 37.7 Å². The first-order valence-corrected chi connectivity index (χ1v) is 10.5. The lowest BCUT2D eigenvalue weighted by molar-refractivity contribution is -0.154. The van der Waals surface area contributed by atoms with Crippen molar-refractivity contribution < 1.29 is 19.1 Å². The number of carbonyl (C=O) groups is 3. The molecule has 2 aliphatic carbocycles. The van der Waals surface area contributed by atoms with Gasteiger partial charge in [0.25, 0.3) is 5.56 Å². The molecule has 0 radical (unpaired) electrons. The molecule has 1 saturated heterocycles. The van der Waals surface area contributed by atoms with Crippen LogP contribution in [0.3, 0.4) is 0 Å². The summed E-state index contributed by atoms with van der Waals surface area (Å²) in [5.41, 5.74) is 0.867. The molecular weight excluding hydrogens is 394 g/mol. The van der Waals surface area contributed by atoms with E-state index in [0.29, 0.717) is 23.1 Å². The second-order valence-electron chi connectivity index (χ2n) is 7.63. The number of aryl methyl sites for hydroxylation is 2. The summed E-state index contributed by atoms with van der Waals surface area (Å²) in [6, 6.07) is 0. The van der Waals surface area contributed by atoms with Crippen LogP contribution in [0.2, 0.25) is 0 Å². The molecule has 2 amide bonds. The molecule has 2 atom stereocenters. The van der Waals surface area contributed by atoms with Crippen LogP contribution >= 0.6 is 11.3 Å². The molecule has 0 unspecified atom stereocenters. The number of aromatic amines is 1. The summed E-state index contributed by atoms with van der Waals surface area (Å²) >= 11 is 1.51. The van der Waals surface area contributed by atoms with Gasteiger partial charge in [0.1, 0.15) is 23.8 Å². The standard InChI is InChI=1S/C20H19N3O5S/c24-15(8-23-19(26)10-4-1-2-5-11(10)20(23)27)28-9-14-21-17(25)16-12-6-3-7-13(12)29-18(16)22-14/h1-2,10-11H,3-9H2,(H,21,22,25)/t10-,11-/m0/s1. The van der Waals surface area contributed by atoms with E-state index in [4.69, 9.17) is 4.74 Å². The quantitative estimate of drug-likeness (QED) is 0.462. The lowest BCUT2D eigenvalue weighted by Crippen LogP contribution is -2.36. The van der Waals surface area contributed by atoms with E-state index in [-0.39, 0.29) is 41.6 Å². The van der Waals surface area contributed by atoms with E-state index in [9.17, 15) is 19.2 Å². The molecule has 5 rings (SSSR count). The molecule has 0 aromatic carbocycles. The third-order valence-electron chi connectivity index (χ3n) is 5.88. The molecule has 150 valence electrons. The number of thiophene rings is 1. The maximum absolute atomic E-state index is 12.4. The summed E-state index contributed by atoms with van der Waals surface area (Å²) in [5.74, 6) is -1.82. The van der Waals surface area contributed by atoms with Gasteiger partial charge in [0.2, 0.25) is 11.8 Å². The van der Waals surface area contributed by atoms with Crippen LogP contribution in [-0.4, -0.2) is 39.2 Å². The molecule has 2 aromatic heterocycles. The van der Waals surface area contributed by atoms with Crippen molar-refractivity contribution in [3.05, 3.63) is 38.8 Å². The van der Waals surface area contributed by atoms with Crippen molar-refractivity contribution in [3.8, 4) is 0 Å². The average Bonchev–Trinajstić information content (AvgIpc) is 3.35. The first-order chi connectivity index (χ1) is 14.0. The van der Waals surface area contributed by atoms with Crippen LogP contribution in [0.15, 0.2) is 16.9 Å². The Labute approximate surface area is 169 Å². The SMILES string of the molecule is O=C(CN1C(=O)[C@H]2CC=CC[C@@H]2C1=O)OCc1nc2sc3c(c2c(=O)[nH]1)CCC3. The van der Waals surface area contributed by atoms with Crippen molar-refractivity contribution >= 4 is 39.3 Å². The molecule has 3 heterocycles. The van der Waals surface area contributed by atoms with Crippen molar-refractivity contribution in [2.45, 2.75) is 38.7 Å². The van der Waals surface area contributed by atoms with Crippen LogP contribution in [-0.2, 0) is 38.6 Å². The summed E-state index contributed by atoms with van der Waals surface area (Å²) in [5, 5.41) is 0.641. The van der Waals surface area contributed by atoms with Crippen LogP contribution in [0.4, 0.5) is 0 Å². The van der Waals surface area contributed by atoms with Crippen molar-refractivity contribution in [1.29, 1.82) is 0 Å². The minimum atomic E-state index is -0.699. The number of imide groups is 1. The first kappa shape index (κ1) is 18.2. The molecule has 2 aromatic rings. The van der Waals surface area contributed by atoms with Crippen molar-refractivity contribution in [2.75, 3.05) is 6.54 Å². The van der Waals surface area contributed by atoms with E-state index in [2.05, 4.69) is 9.97 Å². The maximum atomic E-state index is 12.4. The second-order valence-corrected chi connectivity index (χ2v) is 8.71. The van der Waals surface area contributed by atoms with E-state index in [1.54, 1.807) is 0 Å². The topological polar surface area (TPSA) is 109 Å². The molecule has 1 N–H and O–H groups in total. The highest BCUT2D eigenvalue weighted by atomic mass is 32.1. The fourth-order valence-electron chi connectivity index (χ4n) is 4.46. The Hall–Kier alpha value is -2.81. The van der Waals surface area contributed by atoms with E-state index < -0.39 is 12.5 Å². The monoisotopic (exact) mass is 413 g/mol. The zero-order chi connectivity index (χ0) is 20.1. The summed E-state index contributed by atoms with van der Waals surface area (Å²) in [6.45, 7) is -0.623. The Bertz CT molecular complexity index is 1110. The van der Waals surface area contributed by atoms with E-state index >= 15 is 0 Å². The largest absolute Gasteiger partial charge is 0.456 e. The number of carbonyl (C=O) groups excluding carboxylic acids is 3. The number of allylic oxidation sites excluding steroid dienone is 2. The normalized spacial score (nSPS) is 23.0. The van der Waals surface area contributed by atoms with Crippen LogP contribution in [0.25, 0.3) is 10.2 Å². The molecule has 0 saturated carbocycles.